The molecule has 0 aliphatic heterocycles. The Morgan fingerprint density at radius 1 is 1.33 bits per heavy atom. The number of aromatic nitrogens is 2. The van der Waals surface area contributed by atoms with Gasteiger partial charge in [0.25, 0.3) is 0 Å². The highest BCUT2D eigenvalue weighted by Gasteiger charge is 2.16. The fraction of sp³-hybridized carbons (Fsp3) is 0.125. The summed E-state index contributed by atoms with van der Waals surface area (Å²) in [5.74, 6) is -0.367. The molecule has 0 saturated heterocycles. The summed E-state index contributed by atoms with van der Waals surface area (Å²) in [4.78, 5) is 15.5. The molecule has 0 saturated carbocycles. The van der Waals surface area contributed by atoms with Crippen molar-refractivity contribution < 1.29 is 9.90 Å². The number of imidazole rings is 1. The van der Waals surface area contributed by atoms with E-state index in [4.69, 9.17) is 11.6 Å². The Morgan fingerprint density at radius 3 is 2.86 bits per heavy atom. The molecule has 0 fully saturated rings. The van der Waals surface area contributed by atoms with Crippen LogP contribution >= 0.6 is 11.6 Å². The number of rotatable bonds is 3. The number of carboxylic acid groups (broad SMARTS) is 1. The molecule has 0 spiro atoms. The van der Waals surface area contributed by atoms with E-state index in [1.54, 1.807) is 16.5 Å². The molecule has 3 aromatic rings. The second kappa shape index (κ2) is 5.22. The average molecular weight is 301 g/mol. The number of hydrogen-bond donors (Lipinski definition) is 1. The van der Waals surface area contributed by atoms with Gasteiger partial charge >= 0.3 is 5.97 Å². The quantitative estimate of drug-likeness (QED) is 0.804. The first-order valence-corrected chi connectivity index (χ1v) is 6.88. The van der Waals surface area contributed by atoms with Crippen molar-refractivity contribution >= 4 is 23.1 Å². The number of nitrogens with zero attached hydrogens (tertiary/aromatic N) is 2. The zero-order valence-corrected chi connectivity index (χ0v) is 12.1. The SMILES string of the molecule is Cc1ccc(Cc2nc(C(=O)O)c3ccccn23)c(Cl)c1. The fourth-order valence-electron chi connectivity index (χ4n) is 2.35. The van der Waals surface area contributed by atoms with Crippen molar-refractivity contribution in [2.45, 2.75) is 13.3 Å². The molecular formula is C16H13ClN2O2. The van der Waals surface area contributed by atoms with E-state index < -0.39 is 5.97 Å². The van der Waals surface area contributed by atoms with Crippen LogP contribution < -0.4 is 0 Å². The van der Waals surface area contributed by atoms with E-state index in [1.807, 2.05) is 37.4 Å². The largest absolute Gasteiger partial charge is 0.476 e. The van der Waals surface area contributed by atoms with E-state index in [-0.39, 0.29) is 5.69 Å². The van der Waals surface area contributed by atoms with Gasteiger partial charge in [0.2, 0.25) is 0 Å². The molecule has 3 rings (SSSR count). The van der Waals surface area contributed by atoms with Gasteiger partial charge < -0.3 is 9.51 Å². The third-order valence-corrected chi connectivity index (χ3v) is 3.73. The number of aromatic carboxylic acids is 1. The van der Waals surface area contributed by atoms with Crippen LogP contribution in [0.3, 0.4) is 0 Å². The average Bonchev–Trinajstić information content (AvgIpc) is 2.81. The maximum atomic E-state index is 11.3. The molecule has 0 aliphatic rings. The number of pyridine rings is 1. The third-order valence-electron chi connectivity index (χ3n) is 3.38. The standard InChI is InChI=1S/C16H13ClN2O2/c1-10-5-6-11(12(17)8-10)9-14-18-15(16(20)21)13-4-2-3-7-19(13)14/h2-8H,9H2,1H3,(H,20,21). The minimum Gasteiger partial charge on any atom is -0.476 e. The smallest absolute Gasteiger partial charge is 0.356 e. The first-order chi connectivity index (χ1) is 10.1. The second-order valence-electron chi connectivity index (χ2n) is 4.91. The maximum Gasteiger partial charge on any atom is 0.356 e. The van der Waals surface area contributed by atoms with Crippen LogP contribution in [0.1, 0.15) is 27.4 Å². The van der Waals surface area contributed by atoms with Crippen LogP contribution in [0.25, 0.3) is 5.52 Å². The summed E-state index contributed by atoms with van der Waals surface area (Å²) < 4.78 is 1.79. The predicted molar refractivity (Wildman–Crippen MR) is 81.1 cm³/mol. The van der Waals surface area contributed by atoms with Crippen LogP contribution in [0, 0.1) is 6.92 Å². The number of carboxylic acids is 1. The topological polar surface area (TPSA) is 54.6 Å². The van der Waals surface area contributed by atoms with Crippen molar-refractivity contribution in [3.63, 3.8) is 0 Å². The van der Waals surface area contributed by atoms with Gasteiger partial charge in [0.15, 0.2) is 5.69 Å². The number of halogens is 1. The van der Waals surface area contributed by atoms with Gasteiger partial charge in [0, 0.05) is 17.6 Å². The molecule has 0 aliphatic carbocycles. The van der Waals surface area contributed by atoms with Crippen molar-refractivity contribution in [1.29, 1.82) is 0 Å². The molecule has 1 aromatic carbocycles. The molecule has 0 atom stereocenters. The Hall–Kier alpha value is -2.33. The van der Waals surface area contributed by atoms with Gasteiger partial charge in [-0.05, 0) is 36.2 Å². The highest BCUT2D eigenvalue weighted by Crippen LogP contribution is 2.22. The molecule has 2 aromatic heterocycles. The van der Waals surface area contributed by atoms with Crippen molar-refractivity contribution in [3.8, 4) is 0 Å². The van der Waals surface area contributed by atoms with Crippen molar-refractivity contribution in [1.82, 2.24) is 9.38 Å². The molecule has 4 nitrogen and oxygen atoms in total. The van der Waals surface area contributed by atoms with Gasteiger partial charge in [-0.3, -0.25) is 0 Å². The summed E-state index contributed by atoms with van der Waals surface area (Å²) in [7, 11) is 0. The molecule has 106 valence electrons. The highest BCUT2D eigenvalue weighted by molar-refractivity contribution is 6.31. The Balaban J connectivity index is 2.10. The number of carbonyl (C=O) groups is 1. The lowest BCUT2D eigenvalue weighted by Crippen LogP contribution is -1.98. The zero-order valence-electron chi connectivity index (χ0n) is 11.4. The first kappa shape index (κ1) is 13.6. The zero-order chi connectivity index (χ0) is 15.0. The Bertz CT molecular complexity index is 839. The van der Waals surface area contributed by atoms with E-state index >= 15 is 0 Å². The lowest BCUT2D eigenvalue weighted by atomic mass is 10.1. The van der Waals surface area contributed by atoms with Gasteiger partial charge in [-0.15, -0.1) is 0 Å². The molecule has 2 heterocycles. The molecule has 0 unspecified atom stereocenters. The third kappa shape index (κ3) is 2.50. The molecule has 1 N–H and O–H groups in total. The number of benzene rings is 1. The number of aryl methyl sites for hydroxylation is 1. The summed E-state index contributed by atoms with van der Waals surface area (Å²) >= 11 is 6.25. The number of fused-ring (bicyclic) bond motifs is 1. The Kier molecular flexibility index (Phi) is 3.39. The van der Waals surface area contributed by atoms with Crippen LogP contribution in [0.4, 0.5) is 0 Å². The molecule has 5 heteroatoms. The van der Waals surface area contributed by atoms with E-state index in [1.165, 1.54) is 0 Å². The van der Waals surface area contributed by atoms with Gasteiger partial charge in [-0.1, -0.05) is 29.8 Å². The molecule has 0 amide bonds. The van der Waals surface area contributed by atoms with Crippen LogP contribution in [0.2, 0.25) is 5.02 Å². The fourth-order valence-corrected chi connectivity index (χ4v) is 2.65. The summed E-state index contributed by atoms with van der Waals surface area (Å²) in [5.41, 5.74) is 2.66. The van der Waals surface area contributed by atoms with E-state index in [0.717, 1.165) is 11.1 Å². The van der Waals surface area contributed by atoms with Gasteiger partial charge in [0.1, 0.15) is 5.82 Å². The Morgan fingerprint density at radius 2 is 2.14 bits per heavy atom. The minimum absolute atomic E-state index is 0.0637. The van der Waals surface area contributed by atoms with Crippen molar-refractivity contribution in [2.75, 3.05) is 0 Å². The first-order valence-electron chi connectivity index (χ1n) is 6.50. The maximum absolute atomic E-state index is 11.3. The predicted octanol–water partition coefficient (Wildman–Crippen LogP) is 3.59. The lowest BCUT2D eigenvalue weighted by molar-refractivity contribution is 0.0693. The van der Waals surface area contributed by atoms with E-state index in [0.29, 0.717) is 22.8 Å². The molecule has 21 heavy (non-hydrogen) atoms. The monoisotopic (exact) mass is 300 g/mol. The van der Waals surface area contributed by atoms with Crippen LogP contribution in [0.5, 0.6) is 0 Å². The lowest BCUT2D eigenvalue weighted by Gasteiger charge is -2.05. The summed E-state index contributed by atoms with van der Waals surface area (Å²) in [5, 5.41) is 9.92. The van der Waals surface area contributed by atoms with Crippen molar-refractivity contribution in [2.24, 2.45) is 0 Å². The van der Waals surface area contributed by atoms with Crippen LogP contribution in [0.15, 0.2) is 42.6 Å². The van der Waals surface area contributed by atoms with Gasteiger partial charge in [-0.25, -0.2) is 9.78 Å². The summed E-state index contributed by atoms with van der Waals surface area (Å²) in [6, 6.07) is 11.2. The summed E-state index contributed by atoms with van der Waals surface area (Å²) in [6.45, 7) is 1.98. The summed E-state index contributed by atoms with van der Waals surface area (Å²) in [6.07, 6.45) is 2.30. The minimum atomic E-state index is -1.03. The Labute approximate surface area is 126 Å². The molecular weight excluding hydrogens is 288 g/mol. The van der Waals surface area contributed by atoms with Gasteiger partial charge in [-0.2, -0.15) is 0 Å². The molecule has 0 bridgehead atoms. The van der Waals surface area contributed by atoms with Gasteiger partial charge in [0.05, 0.1) is 5.52 Å². The van der Waals surface area contributed by atoms with Crippen LogP contribution in [-0.4, -0.2) is 20.5 Å². The highest BCUT2D eigenvalue weighted by atomic mass is 35.5. The van der Waals surface area contributed by atoms with Crippen molar-refractivity contribution in [3.05, 3.63) is 70.3 Å². The van der Waals surface area contributed by atoms with E-state index in [2.05, 4.69) is 4.98 Å². The molecule has 0 radical (unpaired) electrons. The number of hydrogen-bond acceptors (Lipinski definition) is 2. The normalized spacial score (nSPS) is 11.0. The van der Waals surface area contributed by atoms with Crippen LogP contribution in [-0.2, 0) is 6.42 Å². The van der Waals surface area contributed by atoms with E-state index in [9.17, 15) is 9.90 Å². The second-order valence-corrected chi connectivity index (χ2v) is 5.32.